The van der Waals surface area contributed by atoms with Gasteiger partial charge in [0.25, 0.3) is 0 Å². The molecule has 24 heavy (non-hydrogen) atoms. The number of fused-ring (bicyclic) bond motifs is 1. The van der Waals surface area contributed by atoms with E-state index in [0.717, 1.165) is 32.2 Å². The Labute approximate surface area is 146 Å². The highest BCUT2D eigenvalue weighted by Crippen LogP contribution is 2.34. The lowest BCUT2D eigenvalue weighted by molar-refractivity contribution is -0.130. The zero-order chi connectivity index (χ0) is 17.9. The molecule has 1 aromatic rings. The molecule has 1 amide bonds. The van der Waals surface area contributed by atoms with Crippen LogP contribution in [0.1, 0.15) is 70.6 Å². The molecule has 0 N–H and O–H groups in total. The first-order chi connectivity index (χ1) is 11.2. The van der Waals surface area contributed by atoms with E-state index in [-0.39, 0.29) is 17.2 Å². The smallest absolute Gasteiger partial charge is 0.219 e. The molecule has 1 heterocycles. The highest BCUT2D eigenvalue weighted by molar-refractivity contribution is 5.78. The molecule has 1 unspecified atom stereocenters. The highest BCUT2D eigenvalue weighted by Gasteiger charge is 2.32. The van der Waals surface area contributed by atoms with Gasteiger partial charge in [-0.2, -0.15) is 0 Å². The molecule has 1 aliphatic heterocycles. The normalized spacial score (nSPS) is 17.3. The van der Waals surface area contributed by atoms with Crippen LogP contribution in [0.25, 0.3) is 0 Å². The fourth-order valence-electron chi connectivity index (χ4n) is 3.83. The SMILES string of the molecule is CCCC(CCc1ccc2c(c1)C(C)(C)CN(C(C)=O)C2)C(C)=O. The van der Waals surface area contributed by atoms with Crippen molar-refractivity contribution in [2.45, 2.75) is 72.3 Å². The highest BCUT2D eigenvalue weighted by atomic mass is 16.2. The predicted molar refractivity (Wildman–Crippen MR) is 98.0 cm³/mol. The van der Waals surface area contributed by atoms with Crippen LogP contribution in [0.4, 0.5) is 0 Å². The van der Waals surface area contributed by atoms with E-state index in [2.05, 4.69) is 39.0 Å². The zero-order valence-corrected chi connectivity index (χ0v) is 15.8. The molecule has 2 rings (SSSR count). The Morgan fingerprint density at radius 3 is 2.50 bits per heavy atom. The fourth-order valence-corrected chi connectivity index (χ4v) is 3.83. The molecule has 0 bridgehead atoms. The van der Waals surface area contributed by atoms with Crippen LogP contribution in [-0.2, 0) is 28.0 Å². The number of nitrogens with zero attached hydrogens (tertiary/aromatic N) is 1. The second-order valence-electron chi connectivity index (χ2n) is 7.89. The van der Waals surface area contributed by atoms with Gasteiger partial charge in [-0.25, -0.2) is 0 Å². The topological polar surface area (TPSA) is 37.4 Å². The molecule has 0 spiro atoms. The molecule has 1 aliphatic rings. The second kappa shape index (κ2) is 7.50. The molecule has 132 valence electrons. The third-order valence-electron chi connectivity index (χ3n) is 5.29. The van der Waals surface area contributed by atoms with Crippen molar-refractivity contribution < 1.29 is 9.59 Å². The van der Waals surface area contributed by atoms with Gasteiger partial charge in [-0.05, 0) is 42.9 Å². The van der Waals surface area contributed by atoms with Gasteiger partial charge in [-0.3, -0.25) is 9.59 Å². The van der Waals surface area contributed by atoms with Crippen molar-refractivity contribution in [1.29, 1.82) is 0 Å². The van der Waals surface area contributed by atoms with E-state index in [4.69, 9.17) is 0 Å². The Bertz CT molecular complexity index is 618. The Hall–Kier alpha value is -1.64. The number of hydrogen-bond donors (Lipinski definition) is 0. The first-order valence-corrected chi connectivity index (χ1v) is 9.13. The number of carbonyl (C=O) groups is 2. The van der Waals surface area contributed by atoms with E-state index in [9.17, 15) is 9.59 Å². The van der Waals surface area contributed by atoms with E-state index in [1.165, 1.54) is 16.7 Å². The Balaban J connectivity index is 2.16. The number of amides is 1. The molecule has 1 aromatic carbocycles. The maximum atomic E-state index is 11.8. The van der Waals surface area contributed by atoms with E-state index < -0.39 is 0 Å². The number of Topliss-reactive ketones (excluding diaryl/α,β-unsaturated/α-hetero) is 1. The third-order valence-corrected chi connectivity index (χ3v) is 5.29. The van der Waals surface area contributed by atoms with Crippen molar-refractivity contribution in [3.05, 3.63) is 34.9 Å². The minimum Gasteiger partial charge on any atom is -0.338 e. The van der Waals surface area contributed by atoms with Gasteiger partial charge in [-0.1, -0.05) is 45.4 Å². The van der Waals surface area contributed by atoms with Gasteiger partial charge in [0.1, 0.15) is 5.78 Å². The van der Waals surface area contributed by atoms with Crippen molar-refractivity contribution in [2.75, 3.05) is 6.54 Å². The van der Waals surface area contributed by atoms with E-state index >= 15 is 0 Å². The summed E-state index contributed by atoms with van der Waals surface area (Å²) in [5, 5.41) is 0. The lowest BCUT2D eigenvalue weighted by Crippen LogP contribution is -2.44. The number of aryl methyl sites for hydroxylation is 1. The Kier molecular flexibility index (Phi) is 5.84. The molecule has 0 fully saturated rings. The molecule has 0 radical (unpaired) electrons. The average molecular weight is 329 g/mol. The van der Waals surface area contributed by atoms with Crippen molar-refractivity contribution in [3.63, 3.8) is 0 Å². The molecule has 0 aliphatic carbocycles. The summed E-state index contributed by atoms with van der Waals surface area (Å²) in [6, 6.07) is 6.64. The molecule has 3 heteroatoms. The largest absolute Gasteiger partial charge is 0.338 e. The number of hydrogen-bond acceptors (Lipinski definition) is 2. The summed E-state index contributed by atoms with van der Waals surface area (Å²) >= 11 is 0. The monoisotopic (exact) mass is 329 g/mol. The second-order valence-corrected chi connectivity index (χ2v) is 7.89. The van der Waals surface area contributed by atoms with Crippen molar-refractivity contribution >= 4 is 11.7 Å². The summed E-state index contributed by atoms with van der Waals surface area (Å²) in [6.07, 6.45) is 3.92. The molecule has 0 saturated heterocycles. The van der Waals surface area contributed by atoms with Gasteiger partial charge < -0.3 is 4.90 Å². The molecule has 0 saturated carbocycles. The zero-order valence-electron chi connectivity index (χ0n) is 15.8. The molecule has 0 aromatic heterocycles. The Morgan fingerprint density at radius 2 is 1.92 bits per heavy atom. The van der Waals surface area contributed by atoms with E-state index in [1.54, 1.807) is 13.8 Å². The first-order valence-electron chi connectivity index (χ1n) is 9.13. The molecular weight excluding hydrogens is 298 g/mol. The van der Waals surface area contributed by atoms with Crippen LogP contribution in [0, 0.1) is 5.92 Å². The van der Waals surface area contributed by atoms with Crippen LogP contribution in [-0.4, -0.2) is 23.1 Å². The van der Waals surface area contributed by atoms with Gasteiger partial charge in [0.15, 0.2) is 0 Å². The van der Waals surface area contributed by atoms with Crippen LogP contribution < -0.4 is 0 Å². The molecular formula is C21H31NO2. The van der Waals surface area contributed by atoms with Crippen LogP contribution in [0.2, 0.25) is 0 Å². The van der Waals surface area contributed by atoms with Gasteiger partial charge in [0, 0.05) is 31.3 Å². The van der Waals surface area contributed by atoms with Crippen LogP contribution in [0.5, 0.6) is 0 Å². The van der Waals surface area contributed by atoms with Gasteiger partial charge >= 0.3 is 0 Å². The number of rotatable bonds is 6. The summed E-state index contributed by atoms with van der Waals surface area (Å²) in [5.41, 5.74) is 3.88. The summed E-state index contributed by atoms with van der Waals surface area (Å²) < 4.78 is 0. The van der Waals surface area contributed by atoms with Crippen molar-refractivity contribution in [2.24, 2.45) is 5.92 Å². The minimum absolute atomic E-state index is 0.0291. The van der Waals surface area contributed by atoms with Gasteiger partial charge in [0.05, 0.1) is 0 Å². The summed E-state index contributed by atoms with van der Waals surface area (Å²) in [6.45, 7) is 11.4. The molecule has 1 atom stereocenters. The number of carbonyl (C=O) groups excluding carboxylic acids is 2. The molecule has 3 nitrogen and oxygen atoms in total. The van der Waals surface area contributed by atoms with E-state index in [1.807, 2.05) is 4.90 Å². The average Bonchev–Trinajstić information content (AvgIpc) is 2.50. The minimum atomic E-state index is -0.0291. The lowest BCUT2D eigenvalue weighted by atomic mass is 9.77. The van der Waals surface area contributed by atoms with Crippen LogP contribution in [0.15, 0.2) is 18.2 Å². The quantitative estimate of drug-likeness (QED) is 0.782. The maximum absolute atomic E-state index is 11.8. The van der Waals surface area contributed by atoms with Crippen LogP contribution in [0.3, 0.4) is 0 Å². The fraction of sp³-hybridized carbons (Fsp3) is 0.619. The number of ketones is 1. The third kappa shape index (κ3) is 4.25. The summed E-state index contributed by atoms with van der Waals surface area (Å²) in [4.78, 5) is 25.4. The summed E-state index contributed by atoms with van der Waals surface area (Å²) in [7, 11) is 0. The lowest BCUT2D eigenvalue weighted by Gasteiger charge is -2.40. The van der Waals surface area contributed by atoms with Crippen LogP contribution >= 0.6 is 0 Å². The maximum Gasteiger partial charge on any atom is 0.219 e. The van der Waals surface area contributed by atoms with E-state index in [0.29, 0.717) is 12.3 Å². The standard InChI is InChI=1S/C21H31NO2/c1-6-7-18(15(2)23)10-8-17-9-11-19-13-22(16(3)24)14-21(4,5)20(19)12-17/h9,11-12,18H,6-8,10,13-14H2,1-5H3. The van der Waals surface area contributed by atoms with Crippen molar-refractivity contribution in [3.8, 4) is 0 Å². The van der Waals surface area contributed by atoms with Gasteiger partial charge in [0.2, 0.25) is 5.91 Å². The number of benzene rings is 1. The predicted octanol–water partition coefficient (Wildman–Crippen LogP) is 4.26. The van der Waals surface area contributed by atoms with Crippen molar-refractivity contribution in [1.82, 2.24) is 4.90 Å². The van der Waals surface area contributed by atoms with Gasteiger partial charge in [-0.15, -0.1) is 0 Å². The summed E-state index contributed by atoms with van der Waals surface area (Å²) in [5.74, 6) is 0.640. The first kappa shape index (κ1) is 18.7. The Morgan fingerprint density at radius 1 is 1.21 bits per heavy atom.